The van der Waals surface area contributed by atoms with Crippen LogP contribution in [0.4, 0.5) is 11.4 Å². The van der Waals surface area contributed by atoms with Gasteiger partial charge in [0.05, 0.1) is 5.52 Å². The summed E-state index contributed by atoms with van der Waals surface area (Å²) < 4.78 is 5.98. The van der Waals surface area contributed by atoms with Crippen LogP contribution in [0.25, 0.3) is 10.9 Å². The first-order valence-corrected chi connectivity index (χ1v) is 11.0. The molecule has 3 aromatic carbocycles. The molecule has 3 N–H and O–H groups in total. The van der Waals surface area contributed by atoms with Gasteiger partial charge in [-0.15, -0.1) is 0 Å². The van der Waals surface area contributed by atoms with Gasteiger partial charge in [0.15, 0.2) is 0 Å². The van der Waals surface area contributed by atoms with E-state index in [9.17, 15) is 4.79 Å². The minimum absolute atomic E-state index is 0.0888. The highest BCUT2D eigenvalue weighted by Crippen LogP contribution is 2.26. The zero-order valence-electron chi connectivity index (χ0n) is 19.5. The third-order valence-electron chi connectivity index (χ3n) is 5.60. The van der Waals surface area contributed by atoms with Crippen LogP contribution in [-0.4, -0.2) is 10.9 Å². The molecule has 4 rings (SSSR count). The maximum Gasteiger partial charge on any atom is 0.256 e. The molecule has 0 unspecified atom stereocenters. The average molecular weight is 440 g/mol. The van der Waals surface area contributed by atoms with Gasteiger partial charge >= 0.3 is 0 Å². The van der Waals surface area contributed by atoms with Crippen molar-refractivity contribution in [3.63, 3.8) is 0 Å². The second-order valence-corrected chi connectivity index (χ2v) is 9.26. The number of benzene rings is 3. The fraction of sp³-hybridized carbons (Fsp3) is 0.214. The summed E-state index contributed by atoms with van der Waals surface area (Å²) in [5.41, 5.74) is 11.8. The Morgan fingerprint density at radius 2 is 1.73 bits per heavy atom. The number of nitrogens with two attached hydrogens (primary N) is 1. The summed E-state index contributed by atoms with van der Waals surface area (Å²) in [6.07, 6.45) is 0. The van der Waals surface area contributed by atoms with Crippen LogP contribution in [0.2, 0.25) is 0 Å². The number of rotatable bonds is 5. The molecule has 0 spiro atoms. The summed E-state index contributed by atoms with van der Waals surface area (Å²) in [6, 6.07) is 22.9. The van der Waals surface area contributed by atoms with E-state index in [0.29, 0.717) is 23.5 Å². The van der Waals surface area contributed by atoms with Gasteiger partial charge in [0.1, 0.15) is 12.4 Å². The number of nitrogens with one attached hydrogen (secondary N) is 1. The lowest BCUT2D eigenvalue weighted by Gasteiger charge is -2.19. The van der Waals surface area contributed by atoms with Gasteiger partial charge in [-0.25, -0.2) is 0 Å². The molecule has 5 nitrogen and oxygen atoms in total. The fourth-order valence-electron chi connectivity index (χ4n) is 3.75. The van der Waals surface area contributed by atoms with Gasteiger partial charge in [-0.1, -0.05) is 51.1 Å². The van der Waals surface area contributed by atoms with Crippen LogP contribution in [0.5, 0.6) is 5.75 Å². The van der Waals surface area contributed by atoms with Crippen molar-refractivity contribution >= 4 is 28.2 Å². The van der Waals surface area contributed by atoms with Crippen LogP contribution in [0.1, 0.15) is 48.0 Å². The topological polar surface area (TPSA) is 77.2 Å². The number of anilines is 2. The molecule has 1 heterocycles. The van der Waals surface area contributed by atoms with E-state index in [1.165, 1.54) is 5.56 Å². The third-order valence-corrected chi connectivity index (χ3v) is 5.60. The van der Waals surface area contributed by atoms with Gasteiger partial charge in [0.2, 0.25) is 0 Å². The maximum atomic E-state index is 13.1. The molecule has 1 aromatic heterocycles. The summed E-state index contributed by atoms with van der Waals surface area (Å²) in [6.45, 7) is 8.74. The van der Waals surface area contributed by atoms with Crippen molar-refractivity contribution in [1.82, 2.24) is 4.98 Å². The quantitative estimate of drug-likeness (QED) is 0.385. The number of amides is 1. The van der Waals surface area contributed by atoms with Gasteiger partial charge in [-0.05, 0) is 60.4 Å². The van der Waals surface area contributed by atoms with E-state index in [0.717, 1.165) is 27.9 Å². The first-order chi connectivity index (χ1) is 15.7. The fourth-order valence-corrected chi connectivity index (χ4v) is 3.75. The van der Waals surface area contributed by atoms with Crippen molar-refractivity contribution < 1.29 is 9.53 Å². The Balaban J connectivity index is 1.50. The molecule has 0 saturated heterocycles. The number of nitrogen functional groups attached to an aromatic ring is 1. The summed E-state index contributed by atoms with van der Waals surface area (Å²) in [7, 11) is 0. The lowest BCUT2D eigenvalue weighted by atomic mass is 9.87. The van der Waals surface area contributed by atoms with E-state index in [1.807, 2.05) is 61.5 Å². The Bertz CT molecular complexity index is 1310. The molecule has 0 bridgehead atoms. The summed E-state index contributed by atoms with van der Waals surface area (Å²) >= 11 is 0. The Labute approximate surface area is 194 Å². The molecule has 0 radical (unpaired) electrons. The van der Waals surface area contributed by atoms with Gasteiger partial charge in [0.25, 0.3) is 5.91 Å². The molecule has 0 aliphatic carbocycles. The van der Waals surface area contributed by atoms with Crippen LogP contribution in [-0.2, 0) is 12.0 Å². The smallest absolute Gasteiger partial charge is 0.256 e. The molecular formula is C28H29N3O2. The van der Waals surface area contributed by atoms with Crippen molar-refractivity contribution in [2.24, 2.45) is 0 Å². The van der Waals surface area contributed by atoms with Crippen LogP contribution in [0.3, 0.4) is 0 Å². The standard InChI is InChI=1S/C28H29N3O2/c1-18-15-25(29)24-16-21(11-14-26(24)30-18)31-27(32)23-8-6-5-7-19(23)17-33-22-12-9-20(10-13-22)28(2,3)4/h5-16H,17H2,1-4H3,(H2,29,30)(H,31,32). The van der Waals surface area contributed by atoms with Crippen molar-refractivity contribution in [2.45, 2.75) is 39.7 Å². The molecule has 33 heavy (non-hydrogen) atoms. The van der Waals surface area contributed by atoms with Crippen molar-refractivity contribution in [2.75, 3.05) is 11.1 Å². The van der Waals surface area contributed by atoms with Gasteiger partial charge in [0, 0.05) is 33.6 Å². The van der Waals surface area contributed by atoms with Crippen LogP contribution in [0.15, 0.2) is 72.8 Å². The zero-order valence-corrected chi connectivity index (χ0v) is 19.5. The lowest BCUT2D eigenvalue weighted by molar-refractivity contribution is 0.102. The molecule has 5 heteroatoms. The molecule has 1 amide bonds. The number of carbonyl (C=O) groups excluding carboxylic acids is 1. The number of nitrogens with zero attached hydrogens (tertiary/aromatic N) is 1. The van der Waals surface area contributed by atoms with E-state index in [1.54, 1.807) is 6.07 Å². The first-order valence-electron chi connectivity index (χ1n) is 11.0. The molecule has 0 aliphatic rings. The van der Waals surface area contributed by atoms with Gasteiger partial charge in [-0.2, -0.15) is 0 Å². The number of fused-ring (bicyclic) bond motifs is 1. The first kappa shape index (κ1) is 22.3. The summed E-state index contributed by atoms with van der Waals surface area (Å²) in [4.78, 5) is 17.6. The second-order valence-electron chi connectivity index (χ2n) is 9.26. The van der Waals surface area contributed by atoms with Gasteiger partial charge < -0.3 is 15.8 Å². The largest absolute Gasteiger partial charge is 0.489 e. The summed E-state index contributed by atoms with van der Waals surface area (Å²) in [5, 5.41) is 3.79. The molecule has 0 saturated carbocycles. The maximum absolute atomic E-state index is 13.1. The van der Waals surface area contributed by atoms with Crippen molar-refractivity contribution in [1.29, 1.82) is 0 Å². The number of aromatic nitrogens is 1. The molecule has 0 fully saturated rings. The van der Waals surface area contributed by atoms with Crippen LogP contribution in [0, 0.1) is 6.92 Å². The number of carbonyl (C=O) groups is 1. The number of hydrogen-bond donors (Lipinski definition) is 2. The molecule has 4 aromatic rings. The lowest BCUT2D eigenvalue weighted by Crippen LogP contribution is -2.15. The van der Waals surface area contributed by atoms with Crippen LogP contribution < -0.4 is 15.8 Å². The van der Waals surface area contributed by atoms with E-state index in [-0.39, 0.29) is 11.3 Å². The second kappa shape index (κ2) is 8.94. The Morgan fingerprint density at radius 3 is 2.45 bits per heavy atom. The number of pyridine rings is 1. The Morgan fingerprint density at radius 1 is 1.00 bits per heavy atom. The average Bonchev–Trinajstić information content (AvgIpc) is 2.78. The van der Waals surface area contributed by atoms with Crippen LogP contribution >= 0.6 is 0 Å². The van der Waals surface area contributed by atoms with Crippen molar-refractivity contribution in [3.8, 4) is 5.75 Å². The predicted octanol–water partition coefficient (Wildman–Crippen LogP) is 6.25. The van der Waals surface area contributed by atoms with Crippen molar-refractivity contribution in [3.05, 3.63) is 95.2 Å². The Kier molecular flexibility index (Phi) is 6.05. The summed E-state index contributed by atoms with van der Waals surface area (Å²) in [5.74, 6) is 0.571. The Hall–Kier alpha value is -3.86. The van der Waals surface area contributed by atoms with E-state index in [4.69, 9.17) is 10.5 Å². The highest BCUT2D eigenvalue weighted by Gasteiger charge is 2.15. The number of hydrogen-bond acceptors (Lipinski definition) is 4. The molecular weight excluding hydrogens is 410 g/mol. The van der Waals surface area contributed by atoms with E-state index >= 15 is 0 Å². The number of aryl methyl sites for hydroxylation is 1. The minimum Gasteiger partial charge on any atom is -0.489 e. The van der Waals surface area contributed by atoms with E-state index in [2.05, 4.69) is 43.2 Å². The van der Waals surface area contributed by atoms with E-state index < -0.39 is 0 Å². The third kappa shape index (κ3) is 5.14. The molecule has 168 valence electrons. The SMILES string of the molecule is Cc1cc(N)c2cc(NC(=O)c3ccccc3COc3ccc(C(C)(C)C)cc3)ccc2n1. The molecule has 0 aliphatic heterocycles. The monoisotopic (exact) mass is 439 g/mol. The molecule has 0 atom stereocenters. The zero-order chi connectivity index (χ0) is 23.6. The highest BCUT2D eigenvalue weighted by molar-refractivity contribution is 6.06. The minimum atomic E-state index is -0.199. The normalized spacial score (nSPS) is 11.4. The van der Waals surface area contributed by atoms with Gasteiger partial charge in [-0.3, -0.25) is 9.78 Å². The number of ether oxygens (including phenoxy) is 1. The predicted molar refractivity (Wildman–Crippen MR) is 135 cm³/mol. The highest BCUT2D eigenvalue weighted by atomic mass is 16.5.